The monoisotopic (exact) mass is 464 g/mol. The maximum atomic E-state index is 12.8. The molecule has 168 valence electrons. The molecule has 0 unspecified atom stereocenters. The van der Waals surface area contributed by atoms with Crippen molar-refractivity contribution in [2.45, 2.75) is 30.6 Å². The molecule has 0 saturated carbocycles. The summed E-state index contributed by atoms with van der Waals surface area (Å²) in [6.07, 6.45) is 0. The van der Waals surface area contributed by atoms with Gasteiger partial charge in [0.15, 0.2) is 5.78 Å². The van der Waals surface area contributed by atoms with Gasteiger partial charge in [0.25, 0.3) is 0 Å². The van der Waals surface area contributed by atoms with Gasteiger partial charge < -0.3 is 0 Å². The van der Waals surface area contributed by atoms with E-state index in [9.17, 15) is 14.4 Å². The molecule has 0 amide bonds. The van der Waals surface area contributed by atoms with Crippen molar-refractivity contribution in [2.24, 2.45) is 0 Å². The van der Waals surface area contributed by atoms with Gasteiger partial charge in [-0.05, 0) is 86.5 Å². The van der Waals surface area contributed by atoms with Crippen molar-refractivity contribution in [3.8, 4) is 0 Å². The van der Waals surface area contributed by atoms with Crippen LogP contribution in [0, 0.1) is 20.8 Å². The minimum absolute atomic E-state index is 0.00558. The number of hydrogen-bond donors (Lipinski definition) is 0. The summed E-state index contributed by atoms with van der Waals surface area (Å²) < 4.78 is 0. The van der Waals surface area contributed by atoms with Gasteiger partial charge >= 0.3 is 0 Å². The summed E-state index contributed by atoms with van der Waals surface area (Å²) in [7, 11) is 0. The molecule has 3 nitrogen and oxygen atoms in total. The number of Topliss-reactive ketones (excluding diaryl/α,β-unsaturated/α-hetero) is 2. The maximum Gasteiger partial charge on any atom is 0.233 e. The van der Waals surface area contributed by atoms with Crippen molar-refractivity contribution < 1.29 is 14.4 Å². The van der Waals surface area contributed by atoms with Crippen LogP contribution in [-0.2, 0) is 0 Å². The Labute approximate surface area is 203 Å². The van der Waals surface area contributed by atoms with Crippen molar-refractivity contribution >= 4 is 29.1 Å². The first kappa shape index (κ1) is 23.4. The van der Waals surface area contributed by atoms with E-state index in [1.807, 2.05) is 93.6 Å². The third-order valence-corrected chi connectivity index (χ3v) is 6.72. The van der Waals surface area contributed by atoms with E-state index < -0.39 is 11.6 Å². The van der Waals surface area contributed by atoms with Crippen LogP contribution in [0.25, 0.3) is 0 Å². The highest BCUT2D eigenvalue weighted by Gasteiger charge is 2.20. The number of carbonyl (C=O) groups excluding carboxylic acids is 3. The van der Waals surface area contributed by atoms with Gasteiger partial charge in [-0.25, -0.2) is 0 Å². The summed E-state index contributed by atoms with van der Waals surface area (Å²) >= 11 is 1.53. The van der Waals surface area contributed by atoms with E-state index in [0.29, 0.717) is 22.3 Å². The summed E-state index contributed by atoms with van der Waals surface area (Å²) in [4.78, 5) is 40.1. The molecule has 0 radical (unpaired) electrons. The van der Waals surface area contributed by atoms with Crippen LogP contribution in [0.1, 0.15) is 53.3 Å². The molecule has 0 saturated heterocycles. The number of ketones is 3. The van der Waals surface area contributed by atoms with Gasteiger partial charge in [0, 0.05) is 32.0 Å². The molecule has 4 aromatic rings. The first-order valence-corrected chi connectivity index (χ1v) is 11.8. The highest BCUT2D eigenvalue weighted by atomic mass is 32.2. The molecule has 0 aliphatic rings. The molecule has 0 aliphatic heterocycles. The number of aryl methyl sites for hydroxylation is 3. The molecule has 0 aromatic heterocycles. The van der Waals surface area contributed by atoms with E-state index >= 15 is 0 Å². The lowest BCUT2D eigenvalue weighted by Gasteiger charge is -2.08. The summed E-state index contributed by atoms with van der Waals surface area (Å²) in [5.41, 5.74) is 4.86. The lowest BCUT2D eigenvalue weighted by molar-refractivity contribution is 0.0816. The van der Waals surface area contributed by atoms with Crippen molar-refractivity contribution in [3.63, 3.8) is 0 Å². The molecule has 0 spiro atoms. The average Bonchev–Trinajstić information content (AvgIpc) is 2.85. The second kappa shape index (κ2) is 10.0. The number of carbonyl (C=O) groups is 3. The Bertz CT molecular complexity index is 1380. The van der Waals surface area contributed by atoms with Crippen molar-refractivity contribution in [1.82, 2.24) is 0 Å². The molecule has 4 rings (SSSR count). The topological polar surface area (TPSA) is 51.2 Å². The van der Waals surface area contributed by atoms with Gasteiger partial charge in [-0.1, -0.05) is 53.7 Å². The van der Waals surface area contributed by atoms with Crippen LogP contribution in [-0.4, -0.2) is 17.3 Å². The van der Waals surface area contributed by atoms with Gasteiger partial charge in [-0.15, -0.1) is 0 Å². The van der Waals surface area contributed by atoms with Gasteiger partial charge in [0.2, 0.25) is 11.6 Å². The molecule has 0 fully saturated rings. The fourth-order valence-electron chi connectivity index (χ4n) is 3.70. The zero-order chi connectivity index (χ0) is 24.2. The lowest BCUT2D eigenvalue weighted by Crippen LogP contribution is -2.15. The lowest BCUT2D eigenvalue weighted by atomic mass is 9.96. The Morgan fingerprint density at radius 1 is 0.559 bits per heavy atom. The van der Waals surface area contributed by atoms with Crippen LogP contribution >= 0.6 is 11.8 Å². The van der Waals surface area contributed by atoms with Crippen LogP contribution in [0.4, 0.5) is 0 Å². The Balaban J connectivity index is 1.45. The normalized spacial score (nSPS) is 10.7. The van der Waals surface area contributed by atoms with Crippen LogP contribution in [0.15, 0.2) is 101 Å². The van der Waals surface area contributed by atoms with Crippen molar-refractivity contribution in [1.29, 1.82) is 0 Å². The van der Waals surface area contributed by atoms with E-state index in [1.54, 1.807) is 18.2 Å². The first-order chi connectivity index (χ1) is 16.3. The van der Waals surface area contributed by atoms with Gasteiger partial charge in [0.05, 0.1) is 0 Å². The molecule has 34 heavy (non-hydrogen) atoms. The zero-order valence-electron chi connectivity index (χ0n) is 19.3. The molecular weight excluding hydrogens is 440 g/mol. The Morgan fingerprint density at radius 3 is 1.74 bits per heavy atom. The van der Waals surface area contributed by atoms with Crippen LogP contribution < -0.4 is 0 Å². The maximum absolute atomic E-state index is 12.8. The molecule has 0 bridgehead atoms. The van der Waals surface area contributed by atoms with Gasteiger partial charge in [-0.3, -0.25) is 14.4 Å². The first-order valence-electron chi connectivity index (χ1n) is 11.0. The molecule has 4 heteroatoms. The highest BCUT2D eigenvalue weighted by molar-refractivity contribution is 7.99. The van der Waals surface area contributed by atoms with Gasteiger partial charge in [0.1, 0.15) is 0 Å². The Hall–Kier alpha value is -3.76. The van der Waals surface area contributed by atoms with E-state index in [-0.39, 0.29) is 5.78 Å². The van der Waals surface area contributed by atoms with Crippen LogP contribution in [0.3, 0.4) is 0 Å². The average molecular weight is 465 g/mol. The molecule has 4 aromatic carbocycles. The summed E-state index contributed by atoms with van der Waals surface area (Å²) in [6.45, 7) is 5.67. The molecule has 0 heterocycles. The smallest absolute Gasteiger partial charge is 0.233 e. The number of benzene rings is 4. The largest absolute Gasteiger partial charge is 0.289 e. The Morgan fingerprint density at radius 2 is 1.12 bits per heavy atom. The third kappa shape index (κ3) is 5.08. The minimum Gasteiger partial charge on any atom is -0.289 e. The fourth-order valence-corrected chi connectivity index (χ4v) is 4.52. The number of hydrogen-bond acceptors (Lipinski definition) is 4. The van der Waals surface area contributed by atoms with Crippen LogP contribution in [0.2, 0.25) is 0 Å². The van der Waals surface area contributed by atoms with E-state index in [2.05, 4.69) is 0 Å². The summed E-state index contributed by atoms with van der Waals surface area (Å²) in [5.74, 6) is -0.995. The van der Waals surface area contributed by atoms with Crippen molar-refractivity contribution in [3.05, 3.63) is 130 Å². The Kier molecular flexibility index (Phi) is 6.90. The minimum atomic E-state index is -0.510. The van der Waals surface area contributed by atoms with Gasteiger partial charge in [-0.2, -0.15) is 0 Å². The summed E-state index contributed by atoms with van der Waals surface area (Å²) in [6, 6.07) is 27.6. The van der Waals surface area contributed by atoms with Crippen molar-refractivity contribution in [2.75, 3.05) is 0 Å². The standard InChI is InChI=1S/C30H24O3S/c1-19-8-9-21(3)27(18-19)30(33)29(32)23-12-16-25(17-13-23)34-24-14-10-22(11-15-24)28(31)26-7-5-4-6-20(26)2/h4-18H,1-3H3. The van der Waals surface area contributed by atoms with E-state index in [0.717, 1.165) is 26.5 Å². The molecular formula is C30H24O3S. The number of rotatable bonds is 7. The predicted molar refractivity (Wildman–Crippen MR) is 136 cm³/mol. The summed E-state index contributed by atoms with van der Waals surface area (Å²) in [5, 5.41) is 0. The fraction of sp³-hybridized carbons (Fsp3) is 0.100. The molecule has 0 aliphatic carbocycles. The van der Waals surface area contributed by atoms with Crippen LogP contribution in [0.5, 0.6) is 0 Å². The van der Waals surface area contributed by atoms with E-state index in [4.69, 9.17) is 0 Å². The SMILES string of the molecule is Cc1ccc(C)c(C(=O)C(=O)c2ccc(Sc3ccc(C(=O)c4ccccc4C)cc3)cc2)c1. The second-order valence-corrected chi connectivity index (χ2v) is 9.42. The zero-order valence-corrected chi connectivity index (χ0v) is 20.1. The highest BCUT2D eigenvalue weighted by Crippen LogP contribution is 2.29. The molecule has 0 N–H and O–H groups in total. The quantitative estimate of drug-likeness (QED) is 0.217. The third-order valence-electron chi connectivity index (χ3n) is 5.70. The predicted octanol–water partition coefficient (Wildman–Crippen LogP) is 7.06. The van der Waals surface area contributed by atoms with E-state index in [1.165, 1.54) is 11.8 Å². The second-order valence-electron chi connectivity index (χ2n) is 8.27. The molecule has 0 atom stereocenters.